The highest BCUT2D eigenvalue weighted by molar-refractivity contribution is 5.16. The molecule has 1 aromatic rings. The molecule has 3 heteroatoms. The molecule has 0 spiro atoms. The fourth-order valence-corrected chi connectivity index (χ4v) is 2.15. The van der Waals surface area contributed by atoms with E-state index in [0.29, 0.717) is 0 Å². The maximum absolute atomic E-state index is 12.1. The number of nitrogens with one attached hydrogen (secondary N) is 1. The van der Waals surface area contributed by atoms with E-state index in [1.807, 2.05) is 32.2 Å². The summed E-state index contributed by atoms with van der Waals surface area (Å²) in [7, 11) is 0. The number of rotatable bonds is 2. The zero-order chi connectivity index (χ0) is 10.8. The molecule has 0 unspecified atom stereocenters. The van der Waals surface area contributed by atoms with E-state index < -0.39 is 0 Å². The Morgan fingerprint density at radius 1 is 1.53 bits per heavy atom. The van der Waals surface area contributed by atoms with Crippen LogP contribution in [0.4, 0.5) is 0 Å². The van der Waals surface area contributed by atoms with Crippen molar-refractivity contribution in [3.8, 4) is 0 Å². The predicted molar refractivity (Wildman–Crippen MR) is 61.1 cm³/mol. The van der Waals surface area contributed by atoms with Gasteiger partial charge >= 0.3 is 0 Å². The van der Waals surface area contributed by atoms with Crippen LogP contribution in [0.2, 0.25) is 0 Å². The summed E-state index contributed by atoms with van der Waals surface area (Å²) in [5, 5.41) is 3.37. The van der Waals surface area contributed by atoms with Crippen LogP contribution in [-0.4, -0.2) is 11.1 Å². The van der Waals surface area contributed by atoms with Crippen molar-refractivity contribution in [2.24, 2.45) is 0 Å². The number of pyridine rings is 1. The maximum Gasteiger partial charge on any atom is 0.255 e. The van der Waals surface area contributed by atoms with E-state index in [0.717, 1.165) is 18.5 Å². The Balaban J connectivity index is 2.39. The smallest absolute Gasteiger partial charge is 0.255 e. The molecule has 2 rings (SSSR count). The lowest BCUT2D eigenvalue weighted by Gasteiger charge is -2.14. The number of hydrogen-bond donors (Lipinski definition) is 1. The number of hydrogen-bond acceptors (Lipinski definition) is 2. The van der Waals surface area contributed by atoms with Gasteiger partial charge in [-0.1, -0.05) is 6.07 Å². The van der Waals surface area contributed by atoms with Gasteiger partial charge in [-0.05, 0) is 39.3 Å². The van der Waals surface area contributed by atoms with Crippen LogP contribution < -0.4 is 10.9 Å². The maximum atomic E-state index is 12.1. The largest absolute Gasteiger partial charge is 0.313 e. The van der Waals surface area contributed by atoms with Gasteiger partial charge < -0.3 is 9.88 Å². The monoisotopic (exact) mass is 206 g/mol. The average molecular weight is 206 g/mol. The van der Waals surface area contributed by atoms with Gasteiger partial charge in [-0.3, -0.25) is 4.79 Å². The Bertz CT molecular complexity index is 389. The molecule has 3 nitrogen and oxygen atoms in total. The highest BCUT2D eigenvalue weighted by Gasteiger charge is 2.19. The lowest BCUT2D eigenvalue weighted by Crippen LogP contribution is -2.28. The Morgan fingerprint density at radius 3 is 2.93 bits per heavy atom. The standard InChI is InChI=1S/C12H18N2O/c1-9(2)14-8-4-5-10(12(14)15)11-6-3-7-13-11/h4-5,8-9,11,13H,3,6-7H2,1-2H3/t11-/m1/s1. The quantitative estimate of drug-likeness (QED) is 0.801. The topological polar surface area (TPSA) is 34.0 Å². The van der Waals surface area contributed by atoms with Crippen molar-refractivity contribution in [3.05, 3.63) is 34.2 Å². The van der Waals surface area contributed by atoms with Gasteiger partial charge in [0.15, 0.2) is 0 Å². The van der Waals surface area contributed by atoms with E-state index in [-0.39, 0.29) is 17.6 Å². The van der Waals surface area contributed by atoms with Crippen LogP contribution in [0.25, 0.3) is 0 Å². The summed E-state index contributed by atoms with van der Waals surface area (Å²) in [6.45, 7) is 5.10. The normalized spacial score (nSPS) is 21.1. The molecule has 1 aliphatic heterocycles. The van der Waals surface area contributed by atoms with Crippen molar-refractivity contribution < 1.29 is 0 Å². The van der Waals surface area contributed by atoms with Crippen molar-refractivity contribution >= 4 is 0 Å². The average Bonchev–Trinajstić information content (AvgIpc) is 2.70. The third-order valence-electron chi connectivity index (χ3n) is 3.00. The second kappa shape index (κ2) is 4.19. The molecule has 0 radical (unpaired) electrons. The highest BCUT2D eigenvalue weighted by atomic mass is 16.1. The fraction of sp³-hybridized carbons (Fsp3) is 0.583. The minimum absolute atomic E-state index is 0.159. The Morgan fingerprint density at radius 2 is 2.33 bits per heavy atom. The van der Waals surface area contributed by atoms with Crippen LogP contribution >= 0.6 is 0 Å². The van der Waals surface area contributed by atoms with E-state index in [1.165, 1.54) is 6.42 Å². The Labute approximate surface area is 90.1 Å². The van der Waals surface area contributed by atoms with Crippen molar-refractivity contribution in [1.82, 2.24) is 9.88 Å². The predicted octanol–water partition coefficient (Wildman–Crippen LogP) is 1.85. The fourth-order valence-electron chi connectivity index (χ4n) is 2.15. The third kappa shape index (κ3) is 1.97. The molecule has 82 valence electrons. The van der Waals surface area contributed by atoms with Gasteiger partial charge in [-0.2, -0.15) is 0 Å². The minimum atomic E-state index is 0.159. The zero-order valence-electron chi connectivity index (χ0n) is 9.36. The summed E-state index contributed by atoms with van der Waals surface area (Å²) in [5.41, 5.74) is 1.08. The molecule has 0 bridgehead atoms. The Hall–Kier alpha value is -1.09. The van der Waals surface area contributed by atoms with Crippen LogP contribution in [0.15, 0.2) is 23.1 Å². The molecule has 1 fully saturated rings. The lowest BCUT2D eigenvalue weighted by molar-refractivity contribution is 0.555. The first-order valence-electron chi connectivity index (χ1n) is 5.64. The van der Waals surface area contributed by atoms with Crippen LogP contribution in [0.5, 0.6) is 0 Å². The summed E-state index contributed by atoms with van der Waals surface area (Å²) in [6.07, 6.45) is 4.11. The molecule has 0 saturated carbocycles. The molecule has 1 aliphatic rings. The van der Waals surface area contributed by atoms with E-state index in [4.69, 9.17) is 0 Å². The number of aromatic nitrogens is 1. The Kier molecular flexibility index (Phi) is 2.91. The first-order chi connectivity index (χ1) is 7.20. The molecule has 0 amide bonds. The highest BCUT2D eigenvalue weighted by Crippen LogP contribution is 2.20. The second-order valence-corrected chi connectivity index (χ2v) is 4.42. The van der Waals surface area contributed by atoms with Crippen molar-refractivity contribution in [1.29, 1.82) is 0 Å². The van der Waals surface area contributed by atoms with E-state index in [2.05, 4.69) is 5.32 Å². The molecule has 1 atom stereocenters. The van der Waals surface area contributed by atoms with Gasteiger partial charge in [0.2, 0.25) is 0 Å². The van der Waals surface area contributed by atoms with Crippen LogP contribution in [-0.2, 0) is 0 Å². The summed E-state index contributed by atoms with van der Waals surface area (Å²) in [4.78, 5) is 12.1. The van der Waals surface area contributed by atoms with Crippen molar-refractivity contribution in [2.75, 3.05) is 6.54 Å². The molecule has 15 heavy (non-hydrogen) atoms. The van der Waals surface area contributed by atoms with Crippen LogP contribution in [0.1, 0.15) is 44.3 Å². The van der Waals surface area contributed by atoms with Crippen LogP contribution in [0, 0.1) is 0 Å². The molecule has 0 aromatic carbocycles. The molecule has 1 saturated heterocycles. The van der Waals surface area contributed by atoms with Crippen LogP contribution in [0.3, 0.4) is 0 Å². The summed E-state index contributed by atoms with van der Waals surface area (Å²) in [5.74, 6) is 0. The van der Waals surface area contributed by atoms with Gasteiger partial charge in [0, 0.05) is 23.8 Å². The van der Waals surface area contributed by atoms with E-state index >= 15 is 0 Å². The van der Waals surface area contributed by atoms with Gasteiger partial charge in [0.25, 0.3) is 5.56 Å². The second-order valence-electron chi connectivity index (χ2n) is 4.42. The summed E-state index contributed by atoms with van der Waals surface area (Å²) >= 11 is 0. The van der Waals surface area contributed by atoms with Gasteiger partial charge in [-0.25, -0.2) is 0 Å². The zero-order valence-corrected chi connectivity index (χ0v) is 9.36. The van der Waals surface area contributed by atoms with Gasteiger partial charge in [0.05, 0.1) is 0 Å². The molecule has 0 aliphatic carbocycles. The van der Waals surface area contributed by atoms with Crippen molar-refractivity contribution in [2.45, 2.75) is 38.8 Å². The minimum Gasteiger partial charge on any atom is -0.313 e. The van der Waals surface area contributed by atoms with Crippen molar-refractivity contribution in [3.63, 3.8) is 0 Å². The lowest BCUT2D eigenvalue weighted by atomic mass is 10.1. The van der Waals surface area contributed by atoms with E-state index in [9.17, 15) is 4.79 Å². The summed E-state index contributed by atoms with van der Waals surface area (Å²) < 4.78 is 1.80. The third-order valence-corrected chi connectivity index (χ3v) is 3.00. The molecule has 1 N–H and O–H groups in total. The molecular formula is C12H18N2O. The first-order valence-corrected chi connectivity index (χ1v) is 5.64. The van der Waals surface area contributed by atoms with Gasteiger partial charge in [0.1, 0.15) is 0 Å². The van der Waals surface area contributed by atoms with E-state index in [1.54, 1.807) is 4.57 Å². The summed E-state index contributed by atoms with van der Waals surface area (Å²) in [6, 6.07) is 4.42. The molecule has 1 aromatic heterocycles. The molecule has 2 heterocycles. The SMILES string of the molecule is CC(C)n1cccc([C@H]2CCCN2)c1=O. The molecular weight excluding hydrogens is 188 g/mol. The van der Waals surface area contributed by atoms with Gasteiger partial charge in [-0.15, -0.1) is 0 Å². The number of nitrogens with zero attached hydrogens (tertiary/aromatic N) is 1. The first kappa shape index (κ1) is 10.4.